The number of anilines is 1. The third-order valence-corrected chi connectivity index (χ3v) is 8.63. The molecule has 0 aliphatic heterocycles. The minimum Gasteiger partial charge on any atom is -0.350 e. The average Bonchev–Trinajstić information content (AvgIpc) is 2.85. The molecule has 1 unspecified atom stereocenters. The third kappa shape index (κ3) is 8.17. The number of nitrogens with one attached hydrogen (secondary N) is 1. The Hall–Kier alpha value is -3.17. The van der Waals surface area contributed by atoms with Crippen molar-refractivity contribution in [1.29, 1.82) is 0 Å². The van der Waals surface area contributed by atoms with Gasteiger partial charge in [-0.1, -0.05) is 51.8 Å². The van der Waals surface area contributed by atoms with Crippen LogP contribution in [0.5, 0.6) is 0 Å². The van der Waals surface area contributed by atoms with E-state index in [1.807, 2.05) is 71.9 Å². The van der Waals surface area contributed by atoms with Crippen LogP contribution < -0.4 is 9.62 Å². The van der Waals surface area contributed by atoms with Crippen molar-refractivity contribution >= 4 is 43.5 Å². The van der Waals surface area contributed by atoms with E-state index in [2.05, 4.69) is 21.2 Å². The summed E-state index contributed by atoms with van der Waals surface area (Å²) < 4.78 is 30.0. The summed E-state index contributed by atoms with van der Waals surface area (Å²) in [5.41, 5.74) is 3.37. The van der Waals surface area contributed by atoms with Gasteiger partial charge in [0.2, 0.25) is 11.8 Å². The van der Waals surface area contributed by atoms with Crippen LogP contribution in [0.3, 0.4) is 0 Å². The molecular weight excluding hydrogens is 590 g/mol. The molecule has 3 aromatic rings. The zero-order valence-corrected chi connectivity index (χ0v) is 26.6. The van der Waals surface area contributed by atoms with Crippen molar-refractivity contribution in [2.45, 2.75) is 71.5 Å². The van der Waals surface area contributed by atoms with Gasteiger partial charge in [-0.25, -0.2) is 8.42 Å². The number of halogens is 1. The molecular formula is C31H38BrN3O4S. The summed E-state index contributed by atoms with van der Waals surface area (Å²) in [7, 11) is -4.11. The lowest BCUT2D eigenvalue weighted by Gasteiger charge is -2.33. The Kier molecular flexibility index (Phi) is 9.85. The first-order valence-corrected chi connectivity index (χ1v) is 15.3. The van der Waals surface area contributed by atoms with Crippen molar-refractivity contribution in [3.05, 3.63) is 93.5 Å². The van der Waals surface area contributed by atoms with Crippen molar-refractivity contribution < 1.29 is 18.0 Å². The van der Waals surface area contributed by atoms with Crippen LogP contribution in [-0.2, 0) is 26.2 Å². The molecule has 0 aromatic heterocycles. The van der Waals surface area contributed by atoms with Crippen molar-refractivity contribution in [3.63, 3.8) is 0 Å². The van der Waals surface area contributed by atoms with E-state index in [1.54, 1.807) is 43.3 Å². The molecule has 214 valence electrons. The SMILES string of the molecule is Cc1ccc(S(=O)(=O)N(CC(=O)N(Cc2ccc(Br)cc2)C(C)C(=O)NC(C)(C)C)c2cc(C)cc(C)c2)cc1. The molecule has 1 atom stereocenters. The van der Waals surface area contributed by atoms with Gasteiger partial charge in [0, 0.05) is 16.6 Å². The number of rotatable bonds is 9. The fourth-order valence-electron chi connectivity index (χ4n) is 4.30. The molecule has 1 N–H and O–H groups in total. The quantitative estimate of drug-likeness (QED) is 0.320. The van der Waals surface area contributed by atoms with Gasteiger partial charge in [0.1, 0.15) is 12.6 Å². The van der Waals surface area contributed by atoms with Crippen LogP contribution in [0.2, 0.25) is 0 Å². The summed E-state index contributed by atoms with van der Waals surface area (Å²) in [6, 6.07) is 18.6. The molecule has 0 heterocycles. The van der Waals surface area contributed by atoms with E-state index in [9.17, 15) is 18.0 Å². The van der Waals surface area contributed by atoms with E-state index in [4.69, 9.17) is 0 Å². The van der Waals surface area contributed by atoms with E-state index >= 15 is 0 Å². The summed E-state index contributed by atoms with van der Waals surface area (Å²) in [6.07, 6.45) is 0. The first kappa shape index (κ1) is 31.4. The molecule has 0 saturated heterocycles. The Balaban J connectivity index is 2.07. The molecule has 7 nitrogen and oxygen atoms in total. The Labute approximate surface area is 246 Å². The van der Waals surface area contributed by atoms with E-state index in [0.29, 0.717) is 5.69 Å². The van der Waals surface area contributed by atoms with Gasteiger partial charge in [0.15, 0.2) is 0 Å². The van der Waals surface area contributed by atoms with Gasteiger partial charge in [-0.15, -0.1) is 0 Å². The second-order valence-electron chi connectivity index (χ2n) is 11.2. The maximum absolute atomic E-state index is 14.0. The third-order valence-electron chi connectivity index (χ3n) is 6.31. The lowest BCUT2D eigenvalue weighted by atomic mass is 10.1. The number of aryl methyl sites for hydroxylation is 3. The summed E-state index contributed by atoms with van der Waals surface area (Å²) >= 11 is 3.43. The van der Waals surface area contributed by atoms with Crippen molar-refractivity contribution in [2.75, 3.05) is 10.8 Å². The van der Waals surface area contributed by atoms with E-state index < -0.39 is 34.1 Å². The topological polar surface area (TPSA) is 86.8 Å². The number of carbonyl (C=O) groups is 2. The molecule has 0 aliphatic carbocycles. The van der Waals surface area contributed by atoms with Crippen LogP contribution in [0.1, 0.15) is 49.9 Å². The number of benzene rings is 3. The minimum atomic E-state index is -4.11. The maximum Gasteiger partial charge on any atom is 0.264 e. The Morgan fingerprint density at radius 2 is 1.43 bits per heavy atom. The van der Waals surface area contributed by atoms with Crippen molar-refractivity contribution in [2.24, 2.45) is 0 Å². The molecule has 0 saturated carbocycles. The second kappa shape index (κ2) is 12.6. The second-order valence-corrected chi connectivity index (χ2v) is 14.0. The number of carbonyl (C=O) groups excluding carboxylic acids is 2. The maximum atomic E-state index is 14.0. The van der Waals surface area contributed by atoms with Crippen molar-refractivity contribution in [1.82, 2.24) is 10.2 Å². The zero-order chi connectivity index (χ0) is 29.8. The van der Waals surface area contributed by atoms with Gasteiger partial charge in [-0.2, -0.15) is 0 Å². The standard InChI is InChI=1S/C31H38BrN3O4S/c1-21-8-14-28(15-9-21)40(38,39)35(27-17-22(2)16-23(3)18-27)20-29(36)34(19-25-10-12-26(32)13-11-25)24(4)30(37)33-31(5,6)7/h8-18,24H,19-20H2,1-7H3,(H,33,37). The van der Waals surface area contributed by atoms with Crippen LogP contribution in [0, 0.1) is 20.8 Å². The highest BCUT2D eigenvalue weighted by atomic mass is 79.9. The lowest BCUT2D eigenvalue weighted by molar-refractivity contribution is -0.140. The molecule has 0 radical (unpaired) electrons. The highest BCUT2D eigenvalue weighted by Crippen LogP contribution is 2.27. The van der Waals surface area contributed by atoms with Gasteiger partial charge in [0.05, 0.1) is 10.6 Å². The molecule has 2 amide bonds. The number of hydrogen-bond acceptors (Lipinski definition) is 4. The Morgan fingerprint density at radius 3 is 1.95 bits per heavy atom. The van der Waals surface area contributed by atoms with Gasteiger partial charge in [-0.05, 0) is 102 Å². The fraction of sp³-hybridized carbons (Fsp3) is 0.355. The first-order valence-electron chi connectivity index (χ1n) is 13.1. The fourth-order valence-corrected chi connectivity index (χ4v) is 5.97. The van der Waals surface area contributed by atoms with E-state index in [-0.39, 0.29) is 17.3 Å². The van der Waals surface area contributed by atoms with Crippen LogP contribution in [-0.4, -0.2) is 43.3 Å². The van der Waals surface area contributed by atoms with Gasteiger partial charge in [0.25, 0.3) is 10.0 Å². The van der Waals surface area contributed by atoms with Gasteiger partial charge in [-0.3, -0.25) is 13.9 Å². The monoisotopic (exact) mass is 627 g/mol. The highest BCUT2D eigenvalue weighted by molar-refractivity contribution is 9.10. The molecule has 0 fully saturated rings. The van der Waals surface area contributed by atoms with Crippen molar-refractivity contribution in [3.8, 4) is 0 Å². The number of amides is 2. The molecule has 0 bridgehead atoms. The summed E-state index contributed by atoms with van der Waals surface area (Å²) in [5, 5.41) is 2.94. The predicted molar refractivity (Wildman–Crippen MR) is 164 cm³/mol. The van der Waals surface area contributed by atoms with Gasteiger partial charge >= 0.3 is 0 Å². The molecule has 0 aliphatic rings. The van der Waals surface area contributed by atoms with Crippen LogP contribution in [0.25, 0.3) is 0 Å². The van der Waals surface area contributed by atoms with Crippen LogP contribution >= 0.6 is 15.9 Å². The molecule has 3 rings (SSSR count). The zero-order valence-electron chi connectivity index (χ0n) is 24.2. The van der Waals surface area contributed by atoms with E-state index in [1.165, 1.54) is 4.90 Å². The molecule has 3 aromatic carbocycles. The Bertz CT molecular complexity index is 1440. The summed E-state index contributed by atoms with van der Waals surface area (Å²) in [6.45, 7) is 12.6. The van der Waals surface area contributed by atoms with Gasteiger partial charge < -0.3 is 10.2 Å². The van der Waals surface area contributed by atoms with Crippen LogP contribution in [0.4, 0.5) is 5.69 Å². The highest BCUT2D eigenvalue weighted by Gasteiger charge is 2.33. The molecule has 40 heavy (non-hydrogen) atoms. The summed E-state index contributed by atoms with van der Waals surface area (Å²) in [5.74, 6) is -0.813. The predicted octanol–water partition coefficient (Wildman–Crippen LogP) is 5.90. The number of sulfonamides is 1. The van der Waals surface area contributed by atoms with Crippen LogP contribution in [0.15, 0.2) is 76.1 Å². The average molecular weight is 629 g/mol. The minimum absolute atomic E-state index is 0.0862. The largest absolute Gasteiger partial charge is 0.350 e. The lowest BCUT2D eigenvalue weighted by Crippen LogP contribution is -2.54. The first-order chi connectivity index (χ1) is 18.6. The number of nitrogens with zero attached hydrogens (tertiary/aromatic N) is 2. The number of hydrogen-bond donors (Lipinski definition) is 1. The summed E-state index contributed by atoms with van der Waals surface area (Å²) in [4.78, 5) is 28.8. The Morgan fingerprint density at radius 1 is 0.875 bits per heavy atom. The molecule has 9 heteroatoms. The van der Waals surface area contributed by atoms with E-state index in [0.717, 1.165) is 31.0 Å². The molecule has 0 spiro atoms. The normalized spacial score (nSPS) is 12.5. The smallest absolute Gasteiger partial charge is 0.264 e.